The van der Waals surface area contributed by atoms with Crippen molar-refractivity contribution in [3.05, 3.63) is 39.4 Å². The Morgan fingerprint density at radius 2 is 1.93 bits per heavy atom. The number of likely N-dealkylation sites (tertiary alicyclic amines) is 1. The number of nitro benzene ring substituents is 1. The summed E-state index contributed by atoms with van der Waals surface area (Å²) >= 11 is 0. The van der Waals surface area contributed by atoms with Crippen LogP contribution in [0.4, 0.5) is 5.69 Å². The zero-order chi connectivity index (χ0) is 19.8. The second-order valence-electron chi connectivity index (χ2n) is 6.88. The number of amides is 1. The van der Waals surface area contributed by atoms with Crippen molar-refractivity contribution in [3.8, 4) is 0 Å². The first-order valence-electron chi connectivity index (χ1n) is 9.38. The number of nitrogens with zero attached hydrogens (tertiary/aromatic N) is 2. The number of hydrogen-bond donors (Lipinski definition) is 1. The van der Waals surface area contributed by atoms with Crippen molar-refractivity contribution in [2.24, 2.45) is 5.92 Å². The molecule has 1 heterocycles. The van der Waals surface area contributed by atoms with Gasteiger partial charge >= 0.3 is 5.97 Å². The fourth-order valence-corrected chi connectivity index (χ4v) is 3.07. The summed E-state index contributed by atoms with van der Waals surface area (Å²) < 4.78 is 4.87. The molecule has 1 aromatic rings. The molecule has 2 rings (SSSR count). The lowest BCUT2D eigenvalue weighted by molar-refractivity contribution is -0.384. The maximum Gasteiger partial charge on any atom is 0.338 e. The van der Waals surface area contributed by atoms with Gasteiger partial charge in [-0.2, -0.15) is 0 Å². The van der Waals surface area contributed by atoms with Crippen LogP contribution in [0.15, 0.2) is 18.2 Å². The number of piperidine rings is 1. The second-order valence-corrected chi connectivity index (χ2v) is 6.88. The summed E-state index contributed by atoms with van der Waals surface area (Å²) in [4.78, 5) is 37.1. The number of rotatable bonds is 8. The van der Waals surface area contributed by atoms with E-state index >= 15 is 0 Å². The fourth-order valence-electron chi connectivity index (χ4n) is 3.07. The second kappa shape index (κ2) is 10.0. The highest BCUT2D eigenvalue weighted by atomic mass is 16.6. The van der Waals surface area contributed by atoms with Gasteiger partial charge in [0.15, 0.2) is 0 Å². The maximum absolute atomic E-state index is 12.3. The van der Waals surface area contributed by atoms with Gasteiger partial charge in [0.1, 0.15) is 0 Å². The van der Waals surface area contributed by atoms with E-state index in [9.17, 15) is 19.7 Å². The van der Waals surface area contributed by atoms with Crippen molar-refractivity contribution in [2.45, 2.75) is 33.1 Å². The van der Waals surface area contributed by atoms with E-state index in [1.54, 1.807) is 6.92 Å². The quantitative estimate of drug-likeness (QED) is 0.323. The molecule has 0 aliphatic carbocycles. The van der Waals surface area contributed by atoms with Crippen molar-refractivity contribution in [1.82, 2.24) is 10.2 Å². The van der Waals surface area contributed by atoms with Gasteiger partial charge in [-0.25, -0.2) is 4.79 Å². The number of carbonyl (C=O) groups is 2. The van der Waals surface area contributed by atoms with Gasteiger partial charge in [0, 0.05) is 24.2 Å². The molecule has 1 N–H and O–H groups in total. The number of benzene rings is 1. The molecule has 1 amide bonds. The van der Waals surface area contributed by atoms with Crippen molar-refractivity contribution < 1.29 is 19.2 Å². The maximum atomic E-state index is 12.3. The fraction of sp³-hybridized carbons (Fsp3) is 0.579. The molecule has 1 aromatic carbocycles. The summed E-state index contributed by atoms with van der Waals surface area (Å²) in [6.45, 7) is 7.62. The van der Waals surface area contributed by atoms with E-state index in [-0.39, 0.29) is 23.4 Å². The molecule has 0 unspecified atom stereocenters. The van der Waals surface area contributed by atoms with E-state index in [1.807, 2.05) is 0 Å². The number of ether oxygens (including phenoxy) is 1. The molecule has 0 aromatic heterocycles. The SMILES string of the molecule is CCOC(=O)c1cc(C(=O)NCCCN2CCC(C)CC2)cc([N+](=O)[O-])c1. The molecule has 0 atom stereocenters. The third-order valence-corrected chi connectivity index (χ3v) is 4.71. The summed E-state index contributed by atoms with van der Waals surface area (Å²) in [7, 11) is 0. The van der Waals surface area contributed by atoms with Crippen LogP contribution in [0.5, 0.6) is 0 Å². The minimum Gasteiger partial charge on any atom is -0.462 e. The van der Waals surface area contributed by atoms with Gasteiger partial charge in [0.2, 0.25) is 0 Å². The van der Waals surface area contributed by atoms with Crippen LogP contribution >= 0.6 is 0 Å². The van der Waals surface area contributed by atoms with Crippen molar-refractivity contribution in [3.63, 3.8) is 0 Å². The highest BCUT2D eigenvalue weighted by Crippen LogP contribution is 2.19. The Hall–Kier alpha value is -2.48. The Kier molecular flexibility index (Phi) is 7.72. The summed E-state index contributed by atoms with van der Waals surface area (Å²) in [5.41, 5.74) is -0.231. The van der Waals surface area contributed by atoms with Crippen LogP contribution in [0.2, 0.25) is 0 Å². The third kappa shape index (κ3) is 6.32. The van der Waals surface area contributed by atoms with Crippen molar-refractivity contribution in [2.75, 3.05) is 32.8 Å². The minimum atomic E-state index is -0.686. The Morgan fingerprint density at radius 3 is 2.56 bits per heavy atom. The third-order valence-electron chi connectivity index (χ3n) is 4.71. The molecule has 0 saturated carbocycles. The normalized spacial score (nSPS) is 15.3. The van der Waals surface area contributed by atoms with Gasteiger partial charge in [-0.05, 0) is 57.8 Å². The lowest BCUT2D eigenvalue weighted by Gasteiger charge is -2.30. The highest BCUT2D eigenvalue weighted by molar-refractivity contribution is 5.98. The lowest BCUT2D eigenvalue weighted by atomic mass is 9.99. The average Bonchev–Trinajstić information content (AvgIpc) is 2.66. The Bertz CT molecular complexity index is 684. The van der Waals surface area contributed by atoms with Crippen molar-refractivity contribution >= 4 is 17.6 Å². The van der Waals surface area contributed by atoms with Gasteiger partial charge in [-0.3, -0.25) is 14.9 Å². The Morgan fingerprint density at radius 1 is 1.26 bits per heavy atom. The van der Waals surface area contributed by atoms with Gasteiger partial charge in [0.05, 0.1) is 17.1 Å². The van der Waals surface area contributed by atoms with Crippen LogP contribution in [0.25, 0.3) is 0 Å². The number of non-ortho nitro benzene ring substituents is 1. The zero-order valence-electron chi connectivity index (χ0n) is 15.9. The molecule has 0 spiro atoms. The minimum absolute atomic E-state index is 0.00126. The molecule has 0 bridgehead atoms. The molecule has 0 radical (unpaired) electrons. The standard InChI is InChI=1S/C19H27N3O5/c1-3-27-19(24)16-11-15(12-17(13-16)22(25)26)18(23)20-7-4-8-21-9-5-14(2)6-10-21/h11-14H,3-10H2,1-2H3,(H,20,23). The van der Waals surface area contributed by atoms with Crippen LogP contribution in [-0.4, -0.2) is 54.5 Å². The van der Waals surface area contributed by atoms with Gasteiger partial charge in [0.25, 0.3) is 11.6 Å². The summed E-state index contributed by atoms with van der Waals surface area (Å²) in [6.07, 6.45) is 3.22. The van der Waals surface area contributed by atoms with Crippen LogP contribution in [0, 0.1) is 16.0 Å². The Balaban J connectivity index is 1.92. The average molecular weight is 377 g/mol. The molecule has 1 fully saturated rings. The molecule has 148 valence electrons. The molecule has 1 saturated heterocycles. The van der Waals surface area contributed by atoms with Gasteiger partial charge in [-0.1, -0.05) is 6.92 Å². The summed E-state index contributed by atoms with van der Waals surface area (Å²) in [6, 6.07) is 3.61. The number of nitrogens with one attached hydrogen (secondary N) is 1. The number of nitro groups is 1. The summed E-state index contributed by atoms with van der Waals surface area (Å²) in [5, 5.41) is 13.9. The van der Waals surface area contributed by atoms with Gasteiger partial charge < -0.3 is 15.0 Å². The molecule has 1 aliphatic rings. The largest absolute Gasteiger partial charge is 0.462 e. The van der Waals surface area contributed by atoms with E-state index < -0.39 is 16.8 Å². The predicted octanol–water partition coefficient (Wildman–Crippen LogP) is 2.62. The van der Waals surface area contributed by atoms with Crippen LogP contribution in [-0.2, 0) is 4.74 Å². The van der Waals surface area contributed by atoms with E-state index in [2.05, 4.69) is 17.1 Å². The molecule has 8 heteroatoms. The monoisotopic (exact) mass is 377 g/mol. The smallest absolute Gasteiger partial charge is 0.338 e. The molecule has 27 heavy (non-hydrogen) atoms. The Labute approximate surface area is 159 Å². The first kappa shape index (κ1) is 20.8. The number of carbonyl (C=O) groups excluding carboxylic acids is 2. The van der Waals surface area contributed by atoms with Crippen LogP contribution < -0.4 is 5.32 Å². The van der Waals surface area contributed by atoms with Crippen LogP contribution in [0.1, 0.15) is 53.8 Å². The number of hydrogen-bond acceptors (Lipinski definition) is 6. The molecule has 1 aliphatic heterocycles. The van der Waals surface area contributed by atoms with Gasteiger partial charge in [-0.15, -0.1) is 0 Å². The van der Waals surface area contributed by atoms with E-state index in [1.165, 1.54) is 25.0 Å². The van der Waals surface area contributed by atoms with Crippen molar-refractivity contribution in [1.29, 1.82) is 0 Å². The molecular formula is C19H27N3O5. The zero-order valence-corrected chi connectivity index (χ0v) is 15.9. The molecule has 8 nitrogen and oxygen atoms in total. The van der Waals surface area contributed by atoms with E-state index in [0.717, 1.165) is 38.0 Å². The summed E-state index contributed by atoms with van der Waals surface area (Å²) in [5.74, 6) is -0.338. The first-order valence-corrected chi connectivity index (χ1v) is 9.38. The van der Waals surface area contributed by atoms with E-state index in [0.29, 0.717) is 6.54 Å². The topological polar surface area (TPSA) is 102 Å². The molecular weight excluding hydrogens is 350 g/mol. The predicted molar refractivity (Wildman–Crippen MR) is 101 cm³/mol. The highest BCUT2D eigenvalue weighted by Gasteiger charge is 2.19. The van der Waals surface area contributed by atoms with Crippen LogP contribution in [0.3, 0.4) is 0 Å². The lowest BCUT2D eigenvalue weighted by Crippen LogP contribution is -2.35. The number of esters is 1. The van der Waals surface area contributed by atoms with E-state index in [4.69, 9.17) is 4.74 Å². The first-order chi connectivity index (χ1) is 12.9.